The number of methoxy groups -OCH3 is 2. The average Bonchev–Trinajstić information content (AvgIpc) is 3.22. The summed E-state index contributed by atoms with van der Waals surface area (Å²) in [5, 5.41) is 2.90. The Balaban J connectivity index is 1.42. The molecule has 0 aliphatic carbocycles. The van der Waals surface area contributed by atoms with Crippen molar-refractivity contribution in [3.05, 3.63) is 53.8 Å². The lowest BCUT2D eigenvalue weighted by molar-refractivity contribution is 0.0581. The Labute approximate surface area is 190 Å². The molecule has 0 bridgehead atoms. The number of likely N-dealkylation sites (tertiary alicyclic amines) is 1. The number of piperidine rings is 1. The number of thioether (sulfide) groups is 1. The van der Waals surface area contributed by atoms with Crippen LogP contribution in [-0.2, 0) is 0 Å². The van der Waals surface area contributed by atoms with Gasteiger partial charge in [-0.05, 0) is 37.1 Å². The molecule has 2 aromatic carbocycles. The van der Waals surface area contributed by atoms with Crippen LogP contribution in [0.4, 0.5) is 14.9 Å². The molecular formula is C23H26FN3O4S. The molecule has 4 rings (SSSR count). The monoisotopic (exact) mass is 459 g/mol. The highest BCUT2D eigenvalue weighted by atomic mass is 32.2. The zero-order chi connectivity index (χ0) is 22.7. The van der Waals surface area contributed by atoms with Crippen LogP contribution in [0.25, 0.3) is 0 Å². The van der Waals surface area contributed by atoms with Crippen molar-refractivity contribution >= 4 is 29.4 Å². The van der Waals surface area contributed by atoms with Crippen LogP contribution < -0.4 is 14.8 Å². The Hall–Kier alpha value is -2.94. The molecule has 2 aromatic rings. The van der Waals surface area contributed by atoms with Crippen LogP contribution in [0.15, 0.2) is 42.5 Å². The molecule has 1 spiro atoms. The highest BCUT2D eigenvalue weighted by Crippen LogP contribution is 2.44. The van der Waals surface area contributed by atoms with E-state index in [1.807, 2.05) is 0 Å². The molecule has 0 unspecified atom stereocenters. The first-order chi connectivity index (χ1) is 15.5. The standard InChI is InChI=1S/C23H26FN3O4S/c1-30-16-7-8-19(20(15-16)31-2)25-22(29)26-11-9-23(10-12-26)27(13-14-32-23)21(28)17-5-3-4-6-18(17)24/h3-8,15H,9-14H2,1-2H3,(H,25,29). The number of nitrogens with one attached hydrogen (secondary N) is 1. The average molecular weight is 460 g/mol. The predicted molar refractivity (Wildman–Crippen MR) is 122 cm³/mol. The number of halogens is 1. The minimum absolute atomic E-state index is 0.0983. The Morgan fingerprint density at radius 3 is 2.50 bits per heavy atom. The summed E-state index contributed by atoms with van der Waals surface area (Å²) in [4.78, 5) is 29.1. The van der Waals surface area contributed by atoms with Gasteiger partial charge in [-0.1, -0.05) is 12.1 Å². The Morgan fingerprint density at radius 2 is 1.81 bits per heavy atom. The Morgan fingerprint density at radius 1 is 1.06 bits per heavy atom. The first-order valence-electron chi connectivity index (χ1n) is 10.5. The maximum absolute atomic E-state index is 14.2. The number of rotatable bonds is 4. The van der Waals surface area contributed by atoms with E-state index in [9.17, 15) is 14.0 Å². The highest BCUT2D eigenvalue weighted by molar-refractivity contribution is 8.00. The van der Waals surface area contributed by atoms with Crippen LogP contribution in [0.1, 0.15) is 23.2 Å². The summed E-state index contributed by atoms with van der Waals surface area (Å²) in [7, 11) is 3.10. The fraction of sp³-hybridized carbons (Fsp3) is 0.391. The largest absolute Gasteiger partial charge is 0.497 e. The number of hydrogen-bond donors (Lipinski definition) is 1. The number of carbonyl (C=O) groups excluding carboxylic acids is 2. The van der Waals surface area contributed by atoms with Gasteiger partial charge in [-0.3, -0.25) is 4.79 Å². The van der Waals surface area contributed by atoms with E-state index >= 15 is 0 Å². The van der Waals surface area contributed by atoms with Crippen molar-refractivity contribution in [2.75, 3.05) is 44.9 Å². The molecule has 9 heteroatoms. The van der Waals surface area contributed by atoms with Crippen molar-refractivity contribution in [3.63, 3.8) is 0 Å². The van der Waals surface area contributed by atoms with Gasteiger partial charge < -0.3 is 24.6 Å². The molecule has 32 heavy (non-hydrogen) atoms. The third kappa shape index (κ3) is 4.21. The number of urea groups is 1. The van der Waals surface area contributed by atoms with Gasteiger partial charge in [0.1, 0.15) is 17.3 Å². The summed E-state index contributed by atoms with van der Waals surface area (Å²) in [5.41, 5.74) is 0.659. The van der Waals surface area contributed by atoms with Crippen molar-refractivity contribution in [3.8, 4) is 11.5 Å². The maximum atomic E-state index is 14.2. The smallest absolute Gasteiger partial charge is 0.321 e. The molecule has 2 aliphatic heterocycles. The summed E-state index contributed by atoms with van der Waals surface area (Å²) < 4.78 is 24.7. The van der Waals surface area contributed by atoms with E-state index in [1.165, 1.54) is 19.2 Å². The van der Waals surface area contributed by atoms with Crippen LogP contribution >= 0.6 is 11.8 Å². The lowest BCUT2D eigenvalue weighted by atomic mass is 10.0. The normalized spacial score (nSPS) is 17.3. The quantitative estimate of drug-likeness (QED) is 0.747. The number of amides is 3. The van der Waals surface area contributed by atoms with E-state index in [-0.39, 0.29) is 17.5 Å². The van der Waals surface area contributed by atoms with Crippen LogP contribution in [0.2, 0.25) is 0 Å². The van der Waals surface area contributed by atoms with Crippen molar-refractivity contribution in [1.29, 1.82) is 0 Å². The molecule has 2 aliphatic rings. The molecule has 3 amide bonds. The molecule has 0 atom stereocenters. The van der Waals surface area contributed by atoms with Gasteiger partial charge in [0.2, 0.25) is 0 Å². The second-order valence-corrected chi connectivity index (χ2v) is 9.17. The van der Waals surface area contributed by atoms with Gasteiger partial charge in [0.05, 0.1) is 30.3 Å². The molecule has 170 valence electrons. The van der Waals surface area contributed by atoms with Gasteiger partial charge in [-0.15, -0.1) is 11.8 Å². The second-order valence-electron chi connectivity index (χ2n) is 7.71. The summed E-state index contributed by atoms with van der Waals surface area (Å²) in [6, 6.07) is 11.1. The van der Waals surface area contributed by atoms with E-state index in [0.717, 1.165) is 5.75 Å². The number of nitrogens with zero attached hydrogens (tertiary/aromatic N) is 2. The zero-order valence-corrected chi connectivity index (χ0v) is 18.9. The van der Waals surface area contributed by atoms with E-state index in [1.54, 1.807) is 59.0 Å². The topological polar surface area (TPSA) is 71.1 Å². The molecule has 7 nitrogen and oxygen atoms in total. The van der Waals surface area contributed by atoms with Crippen molar-refractivity contribution < 1.29 is 23.5 Å². The summed E-state index contributed by atoms with van der Waals surface area (Å²) in [6.07, 6.45) is 1.26. The molecule has 2 heterocycles. The van der Waals surface area contributed by atoms with Crippen molar-refractivity contribution in [1.82, 2.24) is 9.80 Å². The van der Waals surface area contributed by atoms with Gasteiger partial charge in [-0.2, -0.15) is 0 Å². The van der Waals surface area contributed by atoms with Crippen molar-refractivity contribution in [2.45, 2.75) is 17.7 Å². The second kappa shape index (κ2) is 9.28. The molecule has 0 saturated carbocycles. The molecule has 1 N–H and O–H groups in total. The van der Waals surface area contributed by atoms with E-state index in [2.05, 4.69) is 5.32 Å². The highest BCUT2D eigenvalue weighted by Gasteiger charge is 2.47. The maximum Gasteiger partial charge on any atom is 0.321 e. The third-order valence-electron chi connectivity index (χ3n) is 6.01. The predicted octanol–water partition coefficient (Wildman–Crippen LogP) is 4.06. The Kier molecular flexibility index (Phi) is 6.45. The zero-order valence-electron chi connectivity index (χ0n) is 18.1. The first kappa shape index (κ1) is 22.3. The minimum Gasteiger partial charge on any atom is -0.497 e. The van der Waals surface area contributed by atoms with Gasteiger partial charge >= 0.3 is 6.03 Å². The Bertz CT molecular complexity index is 1010. The van der Waals surface area contributed by atoms with E-state index in [4.69, 9.17) is 9.47 Å². The number of anilines is 1. The van der Waals surface area contributed by atoms with Crippen molar-refractivity contribution in [2.24, 2.45) is 0 Å². The minimum atomic E-state index is -0.505. The summed E-state index contributed by atoms with van der Waals surface area (Å²) >= 11 is 1.72. The van der Waals surface area contributed by atoms with Gasteiger partial charge in [-0.25, -0.2) is 9.18 Å². The first-order valence-corrected chi connectivity index (χ1v) is 11.4. The lowest BCUT2D eigenvalue weighted by Crippen LogP contribution is -2.54. The molecular weight excluding hydrogens is 433 g/mol. The van der Waals surface area contributed by atoms with Gasteiger partial charge in [0.25, 0.3) is 5.91 Å². The fourth-order valence-electron chi connectivity index (χ4n) is 4.24. The van der Waals surface area contributed by atoms with Gasteiger partial charge in [0.15, 0.2) is 0 Å². The van der Waals surface area contributed by atoms with Crippen LogP contribution in [0, 0.1) is 5.82 Å². The fourth-order valence-corrected chi connectivity index (χ4v) is 5.70. The number of carbonyl (C=O) groups is 2. The number of ether oxygens (including phenoxy) is 2. The van der Waals surface area contributed by atoms with Gasteiger partial charge in [0, 0.05) is 31.5 Å². The van der Waals surface area contributed by atoms with Crippen LogP contribution in [0.3, 0.4) is 0 Å². The third-order valence-corrected chi connectivity index (χ3v) is 7.56. The van der Waals surface area contributed by atoms with Crippen LogP contribution in [0.5, 0.6) is 11.5 Å². The van der Waals surface area contributed by atoms with E-state index in [0.29, 0.717) is 49.7 Å². The lowest BCUT2D eigenvalue weighted by Gasteiger charge is -2.44. The summed E-state index contributed by atoms with van der Waals surface area (Å²) in [5.74, 6) is 1.16. The molecule has 0 radical (unpaired) electrons. The molecule has 2 saturated heterocycles. The number of benzene rings is 2. The SMILES string of the molecule is COc1ccc(NC(=O)N2CCC3(CC2)SCCN3C(=O)c2ccccc2F)c(OC)c1. The molecule has 2 fully saturated rings. The molecule has 0 aromatic heterocycles. The summed E-state index contributed by atoms with van der Waals surface area (Å²) in [6.45, 7) is 1.57. The number of hydrogen-bond acceptors (Lipinski definition) is 5. The van der Waals surface area contributed by atoms with Crippen LogP contribution in [-0.4, -0.2) is 66.2 Å². The van der Waals surface area contributed by atoms with E-state index < -0.39 is 10.7 Å².